The molecule has 0 spiro atoms. The average Bonchev–Trinajstić information content (AvgIpc) is 3.02. The number of fused-ring (bicyclic) bond motifs is 1. The molecule has 7 heteroatoms. The molecule has 3 rings (SSSR count). The van der Waals surface area contributed by atoms with Gasteiger partial charge in [0, 0.05) is 38.8 Å². The van der Waals surface area contributed by atoms with Crippen molar-refractivity contribution >= 4 is 22.8 Å². The van der Waals surface area contributed by atoms with E-state index in [-0.39, 0.29) is 17.7 Å². The van der Waals surface area contributed by atoms with E-state index in [1.807, 2.05) is 37.9 Å². The van der Waals surface area contributed by atoms with Gasteiger partial charge in [0.25, 0.3) is 5.91 Å². The van der Waals surface area contributed by atoms with Gasteiger partial charge in [0.15, 0.2) is 0 Å². The lowest BCUT2D eigenvalue weighted by atomic mass is 9.95. The normalized spacial score (nSPS) is 17.7. The smallest absolute Gasteiger partial charge is 0.253 e. The molecule has 1 aromatic heterocycles. The first-order valence-corrected chi connectivity index (χ1v) is 8.92. The molecule has 0 unspecified atom stereocenters. The fraction of sp³-hybridized carbons (Fsp3) is 0.556. The summed E-state index contributed by atoms with van der Waals surface area (Å²) in [4.78, 5) is 29.1. The molecule has 1 aliphatic heterocycles. The van der Waals surface area contributed by atoms with Gasteiger partial charge in [0.05, 0.1) is 11.4 Å². The van der Waals surface area contributed by atoms with Gasteiger partial charge in [-0.1, -0.05) is 5.21 Å². The molecule has 1 aliphatic rings. The van der Waals surface area contributed by atoms with E-state index in [9.17, 15) is 9.59 Å². The number of carbonyl (C=O) groups is 2. The molecule has 2 heterocycles. The second-order valence-electron chi connectivity index (χ2n) is 6.52. The highest BCUT2D eigenvalue weighted by atomic mass is 16.2. The minimum atomic E-state index is -0.0992. The quantitative estimate of drug-likeness (QED) is 0.847. The summed E-state index contributed by atoms with van der Waals surface area (Å²) in [5, 5.41) is 8.05. The van der Waals surface area contributed by atoms with E-state index in [1.165, 1.54) is 0 Å². The van der Waals surface area contributed by atoms with Crippen molar-refractivity contribution < 1.29 is 9.59 Å². The van der Waals surface area contributed by atoms with Crippen LogP contribution in [-0.2, 0) is 11.8 Å². The van der Waals surface area contributed by atoms with Crippen molar-refractivity contribution in [2.24, 2.45) is 13.0 Å². The minimum absolute atomic E-state index is 0.0374. The fourth-order valence-electron chi connectivity index (χ4n) is 3.51. The van der Waals surface area contributed by atoms with E-state index in [4.69, 9.17) is 0 Å². The van der Waals surface area contributed by atoms with Gasteiger partial charge in [0.1, 0.15) is 5.52 Å². The topological polar surface area (TPSA) is 71.3 Å². The largest absolute Gasteiger partial charge is 0.343 e. The number of nitrogens with zero attached hydrogens (tertiary/aromatic N) is 5. The molecule has 0 N–H and O–H groups in total. The van der Waals surface area contributed by atoms with Crippen LogP contribution in [0.2, 0.25) is 0 Å². The van der Waals surface area contributed by atoms with E-state index < -0.39 is 0 Å². The Morgan fingerprint density at radius 2 is 2.04 bits per heavy atom. The third-order valence-corrected chi connectivity index (χ3v) is 4.99. The number of amides is 2. The van der Waals surface area contributed by atoms with E-state index in [2.05, 4.69) is 10.3 Å². The van der Waals surface area contributed by atoms with Gasteiger partial charge in [-0.25, -0.2) is 4.68 Å². The highest BCUT2D eigenvalue weighted by molar-refractivity contribution is 5.97. The molecule has 1 aromatic carbocycles. The second-order valence-corrected chi connectivity index (χ2v) is 6.52. The molecule has 0 saturated carbocycles. The molecule has 0 radical (unpaired) electrons. The number of hydrogen-bond donors (Lipinski definition) is 0. The Labute approximate surface area is 147 Å². The van der Waals surface area contributed by atoms with Crippen LogP contribution in [-0.4, -0.2) is 62.8 Å². The van der Waals surface area contributed by atoms with E-state index in [0.29, 0.717) is 37.3 Å². The van der Waals surface area contributed by atoms with Gasteiger partial charge in [-0.2, -0.15) is 0 Å². The van der Waals surface area contributed by atoms with Crippen LogP contribution in [0.15, 0.2) is 18.2 Å². The predicted molar refractivity (Wildman–Crippen MR) is 95.1 cm³/mol. The van der Waals surface area contributed by atoms with Crippen LogP contribution < -0.4 is 0 Å². The molecule has 134 valence electrons. The number of carbonyl (C=O) groups excluding carboxylic acids is 2. The SMILES string of the molecule is CCN(CC)C(=O)[C@@H]1CCCN(C(=O)c2ccc3c(c2)nnn3C)C1. The zero-order chi connectivity index (χ0) is 18.0. The monoisotopic (exact) mass is 343 g/mol. The standard InChI is InChI=1S/C18H25N5O2/c1-4-22(5-2)18(25)14-7-6-10-23(12-14)17(24)13-8-9-16-15(11-13)19-20-21(16)3/h8-9,11,14H,4-7,10,12H2,1-3H3/t14-/m1/s1. The van der Waals surface area contributed by atoms with E-state index >= 15 is 0 Å². The van der Waals surface area contributed by atoms with Crippen molar-refractivity contribution in [3.05, 3.63) is 23.8 Å². The number of rotatable bonds is 4. The fourth-order valence-corrected chi connectivity index (χ4v) is 3.51. The summed E-state index contributed by atoms with van der Waals surface area (Å²) in [6.45, 7) is 6.59. The van der Waals surface area contributed by atoms with Gasteiger partial charge >= 0.3 is 0 Å². The highest BCUT2D eigenvalue weighted by Crippen LogP contribution is 2.22. The Morgan fingerprint density at radius 3 is 2.76 bits per heavy atom. The molecule has 2 amide bonds. The molecule has 0 bridgehead atoms. The summed E-state index contributed by atoms with van der Waals surface area (Å²) in [6.07, 6.45) is 1.71. The summed E-state index contributed by atoms with van der Waals surface area (Å²) in [6, 6.07) is 5.45. The zero-order valence-corrected chi connectivity index (χ0v) is 15.1. The molecular formula is C18H25N5O2. The first-order chi connectivity index (χ1) is 12.0. The lowest BCUT2D eigenvalue weighted by molar-refractivity contribution is -0.136. The van der Waals surface area contributed by atoms with Crippen LogP contribution >= 0.6 is 0 Å². The van der Waals surface area contributed by atoms with Crippen LogP contribution in [0.5, 0.6) is 0 Å². The third-order valence-electron chi connectivity index (χ3n) is 4.99. The second kappa shape index (κ2) is 7.21. The first-order valence-electron chi connectivity index (χ1n) is 8.92. The molecule has 2 aromatic rings. The van der Waals surface area contributed by atoms with Crippen molar-refractivity contribution in [2.45, 2.75) is 26.7 Å². The Bertz CT molecular complexity index is 781. The minimum Gasteiger partial charge on any atom is -0.343 e. The maximum Gasteiger partial charge on any atom is 0.253 e. The number of hydrogen-bond acceptors (Lipinski definition) is 4. The maximum absolute atomic E-state index is 12.9. The molecule has 25 heavy (non-hydrogen) atoms. The van der Waals surface area contributed by atoms with Gasteiger partial charge in [-0.05, 0) is 44.9 Å². The van der Waals surface area contributed by atoms with Gasteiger partial charge < -0.3 is 9.80 Å². The molecule has 1 atom stereocenters. The van der Waals surface area contributed by atoms with Gasteiger partial charge in [-0.3, -0.25) is 9.59 Å². The van der Waals surface area contributed by atoms with Crippen LogP contribution in [0.4, 0.5) is 0 Å². The molecule has 1 fully saturated rings. The molecular weight excluding hydrogens is 318 g/mol. The van der Waals surface area contributed by atoms with Crippen LogP contribution in [0.1, 0.15) is 37.0 Å². The Morgan fingerprint density at radius 1 is 1.28 bits per heavy atom. The molecule has 0 aliphatic carbocycles. The van der Waals surface area contributed by atoms with Gasteiger partial charge in [-0.15, -0.1) is 5.10 Å². The Hall–Kier alpha value is -2.44. The molecule has 7 nitrogen and oxygen atoms in total. The van der Waals surface area contributed by atoms with Gasteiger partial charge in [0.2, 0.25) is 5.91 Å². The number of benzene rings is 1. The van der Waals surface area contributed by atoms with Crippen molar-refractivity contribution in [1.29, 1.82) is 0 Å². The predicted octanol–water partition coefficient (Wildman–Crippen LogP) is 1.69. The third kappa shape index (κ3) is 3.36. The average molecular weight is 343 g/mol. The number of likely N-dealkylation sites (tertiary alicyclic amines) is 1. The Balaban J connectivity index is 1.75. The summed E-state index contributed by atoms with van der Waals surface area (Å²) < 4.78 is 1.68. The van der Waals surface area contributed by atoms with Crippen LogP contribution in [0, 0.1) is 5.92 Å². The van der Waals surface area contributed by atoms with Crippen LogP contribution in [0.25, 0.3) is 11.0 Å². The summed E-state index contributed by atoms with van der Waals surface area (Å²) >= 11 is 0. The first kappa shape index (κ1) is 17.4. The molecule has 1 saturated heterocycles. The van der Waals surface area contributed by atoms with Crippen molar-refractivity contribution in [3.8, 4) is 0 Å². The summed E-state index contributed by atoms with van der Waals surface area (Å²) in [7, 11) is 1.82. The highest BCUT2D eigenvalue weighted by Gasteiger charge is 2.30. The van der Waals surface area contributed by atoms with E-state index in [0.717, 1.165) is 18.4 Å². The zero-order valence-electron chi connectivity index (χ0n) is 15.1. The van der Waals surface area contributed by atoms with Crippen LogP contribution in [0.3, 0.4) is 0 Å². The Kier molecular flexibility index (Phi) is 5.01. The maximum atomic E-state index is 12.9. The van der Waals surface area contributed by atoms with Crippen molar-refractivity contribution in [1.82, 2.24) is 24.8 Å². The van der Waals surface area contributed by atoms with Crippen molar-refractivity contribution in [3.63, 3.8) is 0 Å². The van der Waals surface area contributed by atoms with E-state index in [1.54, 1.807) is 15.6 Å². The van der Waals surface area contributed by atoms with Crippen molar-refractivity contribution in [2.75, 3.05) is 26.2 Å². The lowest BCUT2D eigenvalue weighted by Gasteiger charge is -2.34. The summed E-state index contributed by atoms with van der Waals surface area (Å²) in [5.41, 5.74) is 2.20. The summed E-state index contributed by atoms with van der Waals surface area (Å²) in [5.74, 6) is 0.0225. The number of aromatic nitrogens is 3. The lowest BCUT2D eigenvalue weighted by Crippen LogP contribution is -2.46. The number of aryl methyl sites for hydroxylation is 1. The number of piperidine rings is 1.